The molecule has 1 amide bonds. The number of carbonyl (C=O) groups excluding carboxylic acids is 1. The maximum absolute atomic E-state index is 12.6. The lowest BCUT2D eigenvalue weighted by Gasteiger charge is -2.28. The lowest BCUT2D eigenvalue weighted by Crippen LogP contribution is -2.39. The molecular weight excluding hydrogens is 334 g/mol. The quantitative estimate of drug-likeness (QED) is 0.760. The van der Waals surface area contributed by atoms with Crippen LogP contribution in [-0.2, 0) is 16.1 Å². The first-order valence-electron chi connectivity index (χ1n) is 9.08. The van der Waals surface area contributed by atoms with E-state index in [1.165, 1.54) is 4.57 Å². The Balaban J connectivity index is 1.63. The molecule has 0 unspecified atom stereocenters. The molecule has 0 atom stereocenters. The smallest absolute Gasteiger partial charge is 0.328 e. The number of rotatable bonds is 6. The minimum absolute atomic E-state index is 0.00900. The molecule has 3 rings (SSSR count). The minimum atomic E-state index is -0.367. The van der Waals surface area contributed by atoms with Gasteiger partial charge in [-0.15, -0.1) is 0 Å². The van der Waals surface area contributed by atoms with Crippen molar-refractivity contribution in [3.05, 3.63) is 45.1 Å². The molecule has 1 fully saturated rings. The Morgan fingerprint density at radius 2 is 1.96 bits per heavy atom. The van der Waals surface area contributed by atoms with Crippen LogP contribution in [0.1, 0.15) is 25.7 Å². The second-order valence-corrected chi connectivity index (χ2v) is 6.89. The number of methoxy groups -OCH3 is 1. The number of benzene rings is 1. The largest absolute Gasteiger partial charge is 0.383 e. The van der Waals surface area contributed by atoms with Gasteiger partial charge in [0.2, 0.25) is 5.91 Å². The molecule has 2 N–H and O–H groups in total. The second kappa shape index (κ2) is 8.31. The lowest BCUT2D eigenvalue weighted by atomic mass is 9.81. The molecule has 0 radical (unpaired) electrons. The number of nitrogens with zero attached hydrogens (tertiary/aromatic N) is 1. The highest BCUT2D eigenvalue weighted by molar-refractivity contribution is 5.78. The number of carbonyl (C=O) groups is 1. The summed E-state index contributed by atoms with van der Waals surface area (Å²) in [6, 6.07) is 7.04. The van der Waals surface area contributed by atoms with Gasteiger partial charge in [-0.05, 0) is 43.7 Å². The Bertz CT molecular complexity index is 878. The third-order valence-corrected chi connectivity index (χ3v) is 5.15. The van der Waals surface area contributed by atoms with Gasteiger partial charge in [-0.3, -0.25) is 14.2 Å². The number of nitrogens with one attached hydrogen (secondary N) is 2. The highest BCUT2D eigenvalue weighted by Gasteiger charge is 2.27. The topological polar surface area (TPSA) is 93.2 Å². The van der Waals surface area contributed by atoms with E-state index in [1.54, 1.807) is 31.4 Å². The molecule has 1 heterocycles. The van der Waals surface area contributed by atoms with Crippen LogP contribution in [0.4, 0.5) is 0 Å². The van der Waals surface area contributed by atoms with E-state index in [4.69, 9.17) is 4.74 Å². The molecule has 2 aromatic rings. The normalized spacial score (nSPS) is 20.2. The van der Waals surface area contributed by atoms with Crippen molar-refractivity contribution in [2.24, 2.45) is 11.8 Å². The molecule has 0 spiro atoms. The maximum Gasteiger partial charge on any atom is 0.328 e. The van der Waals surface area contributed by atoms with E-state index < -0.39 is 0 Å². The molecule has 1 saturated carbocycles. The van der Waals surface area contributed by atoms with Crippen LogP contribution in [0.3, 0.4) is 0 Å². The lowest BCUT2D eigenvalue weighted by molar-refractivity contribution is -0.126. The van der Waals surface area contributed by atoms with Crippen LogP contribution in [0, 0.1) is 11.8 Å². The van der Waals surface area contributed by atoms with Gasteiger partial charge >= 0.3 is 5.69 Å². The second-order valence-electron chi connectivity index (χ2n) is 6.89. The van der Waals surface area contributed by atoms with Gasteiger partial charge in [-0.1, -0.05) is 12.1 Å². The minimum Gasteiger partial charge on any atom is -0.383 e. The fraction of sp³-hybridized carbons (Fsp3) is 0.526. The summed E-state index contributed by atoms with van der Waals surface area (Å²) in [6.07, 6.45) is 3.23. The van der Waals surface area contributed by atoms with E-state index in [-0.39, 0.29) is 29.0 Å². The zero-order valence-electron chi connectivity index (χ0n) is 15.0. The first-order chi connectivity index (χ1) is 12.6. The molecule has 1 aromatic heterocycles. The fourth-order valence-corrected chi connectivity index (χ4v) is 3.65. The number of hydrogen-bond acceptors (Lipinski definition) is 4. The Morgan fingerprint density at radius 3 is 2.69 bits per heavy atom. The van der Waals surface area contributed by atoms with Crippen LogP contribution in [0.15, 0.2) is 33.9 Å². The first kappa shape index (κ1) is 18.4. The molecule has 0 saturated heterocycles. The predicted molar refractivity (Wildman–Crippen MR) is 99.2 cm³/mol. The highest BCUT2D eigenvalue weighted by Crippen LogP contribution is 2.29. The molecular formula is C19H25N3O4. The summed E-state index contributed by atoms with van der Waals surface area (Å²) in [6.45, 7) is 1.43. The summed E-state index contributed by atoms with van der Waals surface area (Å²) in [5.41, 5.74) is -0.0490. The Morgan fingerprint density at radius 1 is 1.23 bits per heavy atom. The summed E-state index contributed by atoms with van der Waals surface area (Å²) in [4.78, 5) is 39.8. The number of hydrogen-bond donors (Lipinski definition) is 2. The number of fused-ring (bicyclic) bond motifs is 1. The van der Waals surface area contributed by atoms with Crippen LogP contribution in [0.2, 0.25) is 0 Å². The molecule has 140 valence electrons. The number of aromatic amines is 1. The number of para-hydroxylation sites is 1. The fourth-order valence-electron chi connectivity index (χ4n) is 3.65. The molecule has 1 aliphatic carbocycles. The van der Waals surface area contributed by atoms with Crippen LogP contribution >= 0.6 is 0 Å². The average molecular weight is 359 g/mol. The third-order valence-electron chi connectivity index (χ3n) is 5.15. The van der Waals surface area contributed by atoms with Crippen LogP contribution in [-0.4, -0.2) is 35.7 Å². The molecule has 0 bridgehead atoms. The Labute approximate surface area is 151 Å². The van der Waals surface area contributed by atoms with Gasteiger partial charge in [0.05, 0.1) is 17.5 Å². The van der Waals surface area contributed by atoms with Crippen molar-refractivity contribution in [3.8, 4) is 0 Å². The summed E-state index contributed by atoms with van der Waals surface area (Å²) in [5.74, 6) is 0.314. The molecule has 1 aromatic carbocycles. The van der Waals surface area contributed by atoms with Gasteiger partial charge in [0.25, 0.3) is 5.56 Å². The summed E-state index contributed by atoms with van der Waals surface area (Å²) in [7, 11) is 1.60. The molecule has 7 nitrogen and oxygen atoms in total. The van der Waals surface area contributed by atoms with Crippen molar-refractivity contribution in [2.45, 2.75) is 32.2 Å². The van der Waals surface area contributed by atoms with E-state index in [2.05, 4.69) is 10.3 Å². The van der Waals surface area contributed by atoms with E-state index in [1.807, 2.05) is 0 Å². The van der Waals surface area contributed by atoms with E-state index >= 15 is 0 Å². The maximum atomic E-state index is 12.6. The number of ether oxygens (including phenoxy) is 1. The van der Waals surface area contributed by atoms with E-state index in [9.17, 15) is 14.4 Å². The highest BCUT2D eigenvalue weighted by atomic mass is 16.5. The van der Waals surface area contributed by atoms with Crippen molar-refractivity contribution in [2.75, 3.05) is 20.3 Å². The van der Waals surface area contributed by atoms with Gasteiger partial charge in [0.15, 0.2) is 0 Å². The zero-order chi connectivity index (χ0) is 18.5. The van der Waals surface area contributed by atoms with Crippen molar-refractivity contribution in [3.63, 3.8) is 0 Å². The number of H-pyrrole nitrogens is 1. The van der Waals surface area contributed by atoms with Crippen molar-refractivity contribution in [1.29, 1.82) is 0 Å². The molecule has 7 heteroatoms. The predicted octanol–water partition coefficient (Wildman–Crippen LogP) is 1.26. The van der Waals surface area contributed by atoms with Crippen LogP contribution < -0.4 is 16.6 Å². The summed E-state index contributed by atoms with van der Waals surface area (Å²) in [5, 5.41) is 3.41. The average Bonchev–Trinajstić information content (AvgIpc) is 2.66. The Hall–Kier alpha value is -2.41. The monoisotopic (exact) mass is 359 g/mol. The van der Waals surface area contributed by atoms with Crippen molar-refractivity contribution >= 4 is 16.8 Å². The Kier molecular flexibility index (Phi) is 5.88. The van der Waals surface area contributed by atoms with Crippen LogP contribution in [0.5, 0.6) is 0 Å². The van der Waals surface area contributed by atoms with E-state index in [0.717, 1.165) is 25.7 Å². The van der Waals surface area contributed by atoms with Crippen molar-refractivity contribution < 1.29 is 9.53 Å². The van der Waals surface area contributed by atoms with Gasteiger partial charge in [0, 0.05) is 26.1 Å². The zero-order valence-corrected chi connectivity index (χ0v) is 15.0. The third kappa shape index (κ3) is 4.04. The standard InChI is InChI=1S/C19H25N3O4/c1-26-11-10-20-17(23)14-8-6-13(7-9-14)12-22-18(24)15-4-2-3-5-16(15)21-19(22)25/h2-5,13-14H,6-12H2,1H3,(H,20,23)(H,21,25). The van der Waals surface area contributed by atoms with Gasteiger partial charge in [-0.2, -0.15) is 0 Å². The van der Waals surface area contributed by atoms with E-state index in [0.29, 0.717) is 30.6 Å². The van der Waals surface area contributed by atoms with Crippen molar-refractivity contribution in [1.82, 2.24) is 14.9 Å². The molecule has 1 aliphatic rings. The molecule has 0 aliphatic heterocycles. The first-order valence-corrected chi connectivity index (χ1v) is 9.08. The SMILES string of the molecule is COCCNC(=O)C1CCC(Cn2c(=O)[nH]c3ccccc3c2=O)CC1. The number of amides is 1. The van der Waals surface area contributed by atoms with Crippen LogP contribution in [0.25, 0.3) is 10.9 Å². The summed E-state index contributed by atoms with van der Waals surface area (Å²) >= 11 is 0. The summed E-state index contributed by atoms with van der Waals surface area (Å²) < 4.78 is 6.23. The molecule has 26 heavy (non-hydrogen) atoms. The number of aromatic nitrogens is 2. The van der Waals surface area contributed by atoms with Gasteiger partial charge in [-0.25, -0.2) is 4.79 Å². The van der Waals surface area contributed by atoms with Gasteiger partial charge in [0.1, 0.15) is 0 Å². The van der Waals surface area contributed by atoms with Gasteiger partial charge < -0.3 is 15.0 Å².